The van der Waals surface area contributed by atoms with E-state index < -0.39 is 0 Å². The fraction of sp³-hybridized carbons (Fsp3) is 0.889. The second kappa shape index (κ2) is 7.24. The first-order valence-electron chi connectivity index (χ1n) is 9.31. The van der Waals surface area contributed by atoms with Crippen LogP contribution in [0.15, 0.2) is 0 Å². The number of carbonyl (C=O) groups is 2. The van der Waals surface area contributed by atoms with E-state index >= 15 is 0 Å². The second-order valence-corrected chi connectivity index (χ2v) is 8.51. The molecule has 136 valence electrons. The highest BCUT2D eigenvalue weighted by Gasteiger charge is 2.60. The number of nitrogens with zero attached hydrogens (tertiary/aromatic N) is 3. The van der Waals surface area contributed by atoms with Crippen molar-refractivity contribution in [1.29, 1.82) is 0 Å². The van der Waals surface area contributed by atoms with Gasteiger partial charge in [0.05, 0.1) is 11.2 Å². The molecule has 2 bridgehead atoms. The lowest BCUT2D eigenvalue weighted by Gasteiger charge is -2.39. The molecule has 0 saturated carbocycles. The first kappa shape index (κ1) is 18.1. The van der Waals surface area contributed by atoms with E-state index in [4.69, 9.17) is 0 Å². The van der Waals surface area contributed by atoms with Crippen LogP contribution < -0.4 is 0 Å². The van der Waals surface area contributed by atoms with Crippen LogP contribution >= 0.6 is 11.8 Å². The molecule has 0 aromatic heterocycles. The van der Waals surface area contributed by atoms with E-state index in [1.165, 1.54) is 0 Å². The number of fused-ring (bicyclic) bond motifs is 2. The van der Waals surface area contributed by atoms with Crippen LogP contribution in [0, 0.1) is 5.41 Å². The van der Waals surface area contributed by atoms with E-state index in [1.54, 1.807) is 11.8 Å². The summed E-state index contributed by atoms with van der Waals surface area (Å²) >= 11 is 1.58. The smallest absolute Gasteiger partial charge is 0.233 e. The SMILES string of the molecule is CC[C@@]1(C(=O)N2CCCN(C)CC2)C[C@@H]2CC[C@H]1N2C(=O)CSC. The van der Waals surface area contributed by atoms with Crippen molar-refractivity contribution in [3.8, 4) is 0 Å². The molecule has 3 heterocycles. The summed E-state index contributed by atoms with van der Waals surface area (Å²) in [5.41, 5.74) is -0.333. The summed E-state index contributed by atoms with van der Waals surface area (Å²) in [6.45, 7) is 5.84. The van der Waals surface area contributed by atoms with Gasteiger partial charge in [-0.25, -0.2) is 0 Å². The van der Waals surface area contributed by atoms with Gasteiger partial charge in [0.2, 0.25) is 11.8 Å². The zero-order valence-corrected chi connectivity index (χ0v) is 16.1. The van der Waals surface area contributed by atoms with Gasteiger partial charge in [-0.1, -0.05) is 6.92 Å². The minimum Gasteiger partial charge on any atom is -0.341 e. The molecule has 24 heavy (non-hydrogen) atoms. The molecule has 3 atom stereocenters. The Kier molecular flexibility index (Phi) is 5.45. The molecular weight excluding hydrogens is 322 g/mol. The maximum absolute atomic E-state index is 13.5. The van der Waals surface area contributed by atoms with Gasteiger partial charge in [-0.2, -0.15) is 11.8 Å². The normalized spacial score (nSPS) is 33.8. The van der Waals surface area contributed by atoms with Gasteiger partial charge in [-0.05, 0) is 52.0 Å². The van der Waals surface area contributed by atoms with Crippen molar-refractivity contribution in [2.24, 2.45) is 5.41 Å². The highest BCUT2D eigenvalue weighted by molar-refractivity contribution is 7.99. The number of hydrogen-bond donors (Lipinski definition) is 0. The zero-order valence-electron chi connectivity index (χ0n) is 15.3. The van der Waals surface area contributed by atoms with Crippen LogP contribution in [0.4, 0.5) is 0 Å². The fourth-order valence-electron chi connectivity index (χ4n) is 5.08. The van der Waals surface area contributed by atoms with E-state index in [1.807, 2.05) is 6.26 Å². The van der Waals surface area contributed by atoms with Crippen LogP contribution in [0.3, 0.4) is 0 Å². The van der Waals surface area contributed by atoms with Gasteiger partial charge < -0.3 is 14.7 Å². The van der Waals surface area contributed by atoms with E-state index in [0.717, 1.165) is 58.3 Å². The topological polar surface area (TPSA) is 43.9 Å². The van der Waals surface area contributed by atoms with Gasteiger partial charge in [-0.3, -0.25) is 9.59 Å². The van der Waals surface area contributed by atoms with Crippen molar-refractivity contribution in [3.05, 3.63) is 0 Å². The quantitative estimate of drug-likeness (QED) is 0.771. The maximum Gasteiger partial charge on any atom is 0.233 e. The molecule has 0 aliphatic carbocycles. The standard InChI is InChI=1S/C18H31N3O2S/c1-4-18(17(23)20-9-5-8-19(2)10-11-20)12-14-6-7-15(18)21(14)16(22)13-24-3/h14-15H,4-13H2,1-3H3/t14-,15+,18+/m0/s1. The first-order chi connectivity index (χ1) is 11.5. The van der Waals surface area contributed by atoms with E-state index in [2.05, 4.69) is 28.7 Å². The molecule has 3 rings (SSSR count). The molecule has 0 aromatic rings. The Bertz CT molecular complexity index is 501. The predicted octanol–water partition coefficient (Wildman–Crippen LogP) is 1.67. The highest BCUT2D eigenvalue weighted by atomic mass is 32.2. The van der Waals surface area contributed by atoms with E-state index in [0.29, 0.717) is 11.7 Å². The highest BCUT2D eigenvalue weighted by Crippen LogP contribution is 2.52. The molecule has 3 saturated heterocycles. The van der Waals surface area contributed by atoms with Gasteiger partial charge in [0.15, 0.2) is 0 Å². The Morgan fingerprint density at radius 2 is 1.96 bits per heavy atom. The number of amides is 2. The molecular formula is C18H31N3O2S. The van der Waals surface area contributed by atoms with Crippen LogP contribution in [-0.2, 0) is 9.59 Å². The fourth-order valence-corrected chi connectivity index (χ4v) is 5.48. The Morgan fingerprint density at radius 3 is 2.67 bits per heavy atom. The monoisotopic (exact) mass is 353 g/mol. The Labute approximate surface area is 150 Å². The van der Waals surface area contributed by atoms with E-state index in [-0.39, 0.29) is 23.4 Å². The molecule has 2 amide bonds. The van der Waals surface area contributed by atoms with Crippen molar-refractivity contribution in [3.63, 3.8) is 0 Å². The van der Waals surface area contributed by atoms with Crippen molar-refractivity contribution in [2.45, 2.75) is 51.1 Å². The van der Waals surface area contributed by atoms with Gasteiger partial charge in [0.1, 0.15) is 0 Å². The molecule has 0 N–H and O–H groups in total. The number of thioether (sulfide) groups is 1. The van der Waals surface area contributed by atoms with Crippen LogP contribution in [0.5, 0.6) is 0 Å². The average molecular weight is 354 g/mol. The molecule has 3 aliphatic heterocycles. The van der Waals surface area contributed by atoms with E-state index in [9.17, 15) is 9.59 Å². The summed E-state index contributed by atoms with van der Waals surface area (Å²) < 4.78 is 0. The lowest BCUT2D eigenvalue weighted by molar-refractivity contribution is -0.145. The second-order valence-electron chi connectivity index (χ2n) is 7.64. The summed E-state index contributed by atoms with van der Waals surface area (Å²) in [6, 6.07) is 0.411. The molecule has 5 nitrogen and oxygen atoms in total. The summed E-state index contributed by atoms with van der Waals surface area (Å²) in [5, 5.41) is 0. The van der Waals surface area contributed by atoms with Crippen LogP contribution in [0.1, 0.15) is 39.0 Å². The molecule has 3 aliphatic rings. The minimum atomic E-state index is -0.333. The number of hydrogen-bond acceptors (Lipinski definition) is 4. The van der Waals surface area contributed by atoms with Crippen molar-refractivity contribution in [1.82, 2.24) is 14.7 Å². The third-order valence-electron chi connectivity index (χ3n) is 6.36. The lowest BCUT2D eigenvalue weighted by atomic mass is 9.70. The van der Waals surface area contributed by atoms with Crippen LogP contribution in [0.2, 0.25) is 0 Å². The van der Waals surface area contributed by atoms with Crippen molar-refractivity contribution >= 4 is 23.6 Å². The Morgan fingerprint density at radius 1 is 1.17 bits per heavy atom. The van der Waals surface area contributed by atoms with Gasteiger partial charge >= 0.3 is 0 Å². The average Bonchev–Trinajstić information content (AvgIpc) is 3.05. The van der Waals surface area contributed by atoms with Crippen LogP contribution in [0.25, 0.3) is 0 Å². The number of rotatable bonds is 4. The van der Waals surface area contributed by atoms with Gasteiger partial charge in [0.25, 0.3) is 0 Å². The Balaban J connectivity index is 1.79. The third kappa shape index (κ3) is 2.96. The molecule has 6 heteroatoms. The largest absolute Gasteiger partial charge is 0.341 e. The van der Waals surface area contributed by atoms with Gasteiger partial charge in [-0.15, -0.1) is 0 Å². The number of likely N-dealkylation sites (N-methyl/N-ethyl adjacent to an activating group) is 1. The molecule has 0 spiro atoms. The predicted molar refractivity (Wildman–Crippen MR) is 98.1 cm³/mol. The zero-order chi connectivity index (χ0) is 17.3. The molecule has 3 fully saturated rings. The van der Waals surface area contributed by atoms with Crippen LogP contribution in [-0.4, -0.2) is 83.8 Å². The van der Waals surface area contributed by atoms with Crippen molar-refractivity contribution < 1.29 is 9.59 Å². The molecule has 0 aromatic carbocycles. The Hall–Kier alpha value is -0.750. The molecule has 0 radical (unpaired) electrons. The summed E-state index contributed by atoms with van der Waals surface area (Å²) in [7, 11) is 2.13. The van der Waals surface area contributed by atoms with Gasteiger partial charge in [0, 0.05) is 31.7 Å². The van der Waals surface area contributed by atoms with Crippen molar-refractivity contribution in [2.75, 3.05) is 45.2 Å². The minimum absolute atomic E-state index is 0.126. The summed E-state index contributed by atoms with van der Waals surface area (Å²) in [4.78, 5) is 32.6. The maximum atomic E-state index is 13.5. The third-order valence-corrected chi connectivity index (χ3v) is 6.90. The molecule has 0 unspecified atom stereocenters. The number of carbonyl (C=O) groups excluding carboxylic acids is 2. The summed E-state index contributed by atoms with van der Waals surface area (Å²) in [5.74, 6) is 1.08. The summed E-state index contributed by atoms with van der Waals surface area (Å²) in [6.07, 6.45) is 6.82. The lowest BCUT2D eigenvalue weighted by Crippen LogP contribution is -2.52. The first-order valence-corrected chi connectivity index (χ1v) is 10.7.